The van der Waals surface area contributed by atoms with Crippen LogP contribution in [0.15, 0.2) is 69.3 Å². The Morgan fingerprint density at radius 3 is 2.62 bits per heavy atom. The second-order valence-electron chi connectivity index (χ2n) is 7.63. The fraction of sp³-hybridized carbons (Fsp3) is 0.217. The molecule has 0 unspecified atom stereocenters. The number of halogens is 1. The Labute approximate surface area is 199 Å². The summed E-state index contributed by atoms with van der Waals surface area (Å²) in [5.74, 6) is 0.799. The van der Waals surface area contributed by atoms with Crippen LogP contribution in [0.3, 0.4) is 0 Å². The van der Waals surface area contributed by atoms with Crippen molar-refractivity contribution in [2.24, 2.45) is 12.1 Å². The molecule has 4 aromatic rings. The van der Waals surface area contributed by atoms with E-state index in [1.165, 1.54) is 16.2 Å². The van der Waals surface area contributed by atoms with Gasteiger partial charge in [-0.1, -0.05) is 41.9 Å². The van der Waals surface area contributed by atoms with Gasteiger partial charge in [0.05, 0.1) is 12.3 Å². The maximum atomic E-state index is 12.6. The van der Waals surface area contributed by atoms with Crippen molar-refractivity contribution in [1.82, 2.24) is 19.1 Å². The smallest absolute Gasteiger partial charge is 0.329 e. The molecule has 0 saturated heterocycles. The molecular formula is C23H23ClN6O4. The first-order valence-electron chi connectivity index (χ1n) is 10.4. The van der Waals surface area contributed by atoms with Crippen LogP contribution in [0.2, 0.25) is 5.02 Å². The molecule has 0 saturated carbocycles. The molecule has 0 aliphatic rings. The lowest BCUT2D eigenvalue weighted by molar-refractivity contribution is 0.0938. The fourth-order valence-corrected chi connectivity index (χ4v) is 3.49. The highest BCUT2D eigenvalue weighted by Gasteiger charge is 2.20. The highest BCUT2D eigenvalue weighted by atomic mass is 35.5. The van der Waals surface area contributed by atoms with Gasteiger partial charge in [-0.2, -0.15) is 10.1 Å². The third kappa shape index (κ3) is 5.03. The summed E-state index contributed by atoms with van der Waals surface area (Å²) in [5.41, 5.74) is 3.41. The van der Waals surface area contributed by atoms with Crippen LogP contribution < -0.4 is 21.4 Å². The number of aromatic amines is 1. The number of hydrogen-bond acceptors (Lipinski definition) is 7. The molecule has 2 heterocycles. The molecule has 11 heteroatoms. The highest BCUT2D eigenvalue weighted by Crippen LogP contribution is 2.18. The van der Waals surface area contributed by atoms with E-state index in [1.54, 1.807) is 31.2 Å². The number of H-pyrrole nitrogens is 1. The van der Waals surface area contributed by atoms with Gasteiger partial charge < -0.3 is 14.4 Å². The first-order chi connectivity index (χ1) is 16.3. The number of hydrogen-bond donors (Lipinski definition) is 3. The number of aromatic nitrogens is 4. The lowest BCUT2D eigenvalue weighted by atomic mass is 10.1. The Kier molecular flexibility index (Phi) is 6.80. The van der Waals surface area contributed by atoms with E-state index in [-0.39, 0.29) is 30.3 Å². The highest BCUT2D eigenvalue weighted by molar-refractivity contribution is 6.30. The number of fused-ring (bicyclic) bond motifs is 1. The molecule has 3 N–H and O–H groups in total. The SMILES string of the molecule is C/C(=N/Nc1nc2c(c(=O)[nH]c(=O)n2C)n1C[C@H](O)COc1ccccc1)c1ccc(Cl)cc1. The molecule has 0 amide bonds. The van der Waals surface area contributed by atoms with Crippen molar-refractivity contribution in [3.8, 4) is 5.75 Å². The molecule has 0 spiro atoms. The van der Waals surface area contributed by atoms with Gasteiger partial charge in [0.1, 0.15) is 18.5 Å². The number of hydrazone groups is 1. The quantitative estimate of drug-likeness (QED) is 0.261. The van der Waals surface area contributed by atoms with Crippen molar-refractivity contribution < 1.29 is 9.84 Å². The normalized spacial score (nSPS) is 12.6. The zero-order chi connectivity index (χ0) is 24.2. The summed E-state index contributed by atoms with van der Waals surface area (Å²) in [7, 11) is 1.50. The van der Waals surface area contributed by atoms with E-state index in [9.17, 15) is 14.7 Å². The number of benzene rings is 2. The standard InChI is InChI=1S/C23H23ClN6O4/c1-14(15-8-10-16(24)11-9-15)27-28-22-25-20-19(21(32)26-23(33)29(20)2)30(22)12-17(31)13-34-18-6-4-3-5-7-18/h3-11,17,31H,12-13H2,1-2H3,(H,25,28)(H,26,32,33)/b27-14-/t17-/m0/s1. The number of ether oxygens (including phenoxy) is 1. The van der Waals surface area contributed by atoms with Crippen molar-refractivity contribution >= 4 is 34.4 Å². The monoisotopic (exact) mass is 482 g/mol. The van der Waals surface area contributed by atoms with E-state index in [0.717, 1.165) is 5.56 Å². The zero-order valence-electron chi connectivity index (χ0n) is 18.5. The molecule has 10 nitrogen and oxygen atoms in total. The summed E-state index contributed by atoms with van der Waals surface area (Å²) in [6.07, 6.45) is -0.976. The molecule has 0 radical (unpaired) electrons. The summed E-state index contributed by atoms with van der Waals surface area (Å²) in [6, 6.07) is 16.2. The van der Waals surface area contributed by atoms with Crippen LogP contribution in [0, 0.1) is 0 Å². The van der Waals surface area contributed by atoms with Crippen molar-refractivity contribution in [1.29, 1.82) is 0 Å². The molecule has 4 rings (SSSR count). The minimum Gasteiger partial charge on any atom is -0.491 e. The summed E-state index contributed by atoms with van der Waals surface area (Å²) >= 11 is 5.95. The maximum Gasteiger partial charge on any atom is 0.329 e. The molecule has 34 heavy (non-hydrogen) atoms. The number of imidazole rings is 1. The van der Waals surface area contributed by atoms with Crippen molar-refractivity contribution in [3.05, 3.63) is 86.0 Å². The summed E-state index contributed by atoms with van der Waals surface area (Å²) in [4.78, 5) is 31.3. The Balaban J connectivity index is 1.65. The minimum atomic E-state index is -0.976. The van der Waals surface area contributed by atoms with Crippen LogP contribution in [-0.4, -0.2) is 42.6 Å². The number of anilines is 1. The zero-order valence-corrected chi connectivity index (χ0v) is 19.3. The van der Waals surface area contributed by atoms with E-state index in [1.807, 2.05) is 30.3 Å². The third-order valence-corrected chi connectivity index (χ3v) is 5.42. The van der Waals surface area contributed by atoms with Gasteiger partial charge in [-0.15, -0.1) is 0 Å². The Bertz CT molecular complexity index is 1440. The number of rotatable bonds is 8. The van der Waals surface area contributed by atoms with Crippen molar-refractivity contribution in [3.63, 3.8) is 0 Å². The van der Waals surface area contributed by atoms with Gasteiger partial charge in [-0.25, -0.2) is 10.2 Å². The van der Waals surface area contributed by atoms with Gasteiger partial charge in [-0.05, 0) is 36.8 Å². The third-order valence-electron chi connectivity index (χ3n) is 5.17. The van der Waals surface area contributed by atoms with E-state index in [4.69, 9.17) is 16.3 Å². The van der Waals surface area contributed by atoms with E-state index in [0.29, 0.717) is 16.5 Å². The average Bonchev–Trinajstić information content (AvgIpc) is 3.19. The summed E-state index contributed by atoms with van der Waals surface area (Å²) in [6.45, 7) is 1.76. The first-order valence-corrected chi connectivity index (χ1v) is 10.8. The Morgan fingerprint density at radius 1 is 1.21 bits per heavy atom. The van der Waals surface area contributed by atoms with Crippen molar-refractivity contribution in [2.45, 2.75) is 19.6 Å². The number of para-hydroxylation sites is 1. The van der Waals surface area contributed by atoms with Gasteiger partial charge in [-0.3, -0.25) is 14.3 Å². The lowest BCUT2D eigenvalue weighted by Crippen LogP contribution is -2.30. The molecule has 1 atom stereocenters. The van der Waals surface area contributed by atoms with Crippen LogP contribution in [0.4, 0.5) is 5.95 Å². The molecule has 0 aliphatic heterocycles. The van der Waals surface area contributed by atoms with Crippen LogP contribution in [-0.2, 0) is 13.6 Å². The topological polar surface area (TPSA) is 127 Å². The molecule has 2 aromatic heterocycles. The van der Waals surface area contributed by atoms with Gasteiger partial charge >= 0.3 is 5.69 Å². The molecule has 176 valence electrons. The van der Waals surface area contributed by atoms with Crippen LogP contribution in [0.5, 0.6) is 5.75 Å². The van der Waals surface area contributed by atoms with E-state index >= 15 is 0 Å². The number of nitrogens with zero attached hydrogens (tertiary/aromatic N) is 4. The minimum absolute atomic E-state index is 0.0140. The Hall–Kier alpha value is -3.89. The summed E-state index contributed by atoms with van der Waals surface area (Å²) < 4.78 is 8.32. The van der Waals surface area contributed by atoms with Gasteiger partial charge in [0, 0.05) is 12.1 Å². The van der Waals surface area contributed by atoms with Gasteiger partial charge in [0.2, 0.25) is 5.95 Å². The van der Waals surface area contributed by atoms with Gasteiger partial charge in [0.15, 0.2) is 11.2 Å². The molecule has 0 aliphatic carbocycles. The second-order valence-corrected chi connectivity index (χ2v) is 8.07. The van der Waals surface area contributed by atoms with E-state index < -0.39 is 17.4 Å². The number of aliphatic hydroxyl groups excluding tert-OH is 1. The maximum absolute atomic E-state index is 12.6. The first kappa shape index (κ1) is 23.3. The number of nitrogens with one attached hydrogen (secondary N) is 2. The molecule has 2 aromatic carbocycles. The van der Waals surface area contributed by atoms with Crippen LogP contribution >= 0.6 is 11.6 Å². The second kappa shape index (κ2) is 9.94. The van der Waals surface area contributed by atoms with Crippen LogP contribution in [0.25, 0.3) is 11.2 Å². The predicted molar refractivity (Wildman–Crippen MR) is 131 cm³/mol. The van der Waals surface area contributed by atoms with Crippen molar-refractivity contribution in [2.75, 3.05) is 12.0 Å². The van der Waals surface area contributed by atoms with Crippen LogP contribution in [0.1, 0.15) is 12.5 Å². The molecule has 0 bridgehead atoms. The fourth-order valence-electron chi connectivity index (χ4n) is 3.36. The number of aliphatic hydroxyl groups is 1. The predicted octanol–water partition coefficient (Wildman–Crippen LogP) is 2.35. The van der Waals surface area contributed by atoms with Gasteiger partial charge in [0.25, 0.3) is 5.56 Å². The Morgan fingerprint density at radius 2 is 1.91 bits per heavy atom. The molecule has 0 fully saturated rings. The average molecular weight is 483 g/mol. The summed E-state index contributed by atoms with van der Waals surface area (Å²) in [5, 5.41) is 15.6. The van der Waals surface area contributed by atoms with E-state index in [2.05, 4.69) is 20.5 Å². The number of aryl methyl sites for hydroxylation is 1. The molecular weight excluding hydrogens is 460 g/mol. The lowest BCUT2D eigenvalue weighted by Gasteiger charge is -2.15. The largest absolute Gasteiger partial charge is 0.491 e.